The van der Waals surface area contributed by atoms with Gasteiger partial charge in [-0.3, -0.25) is 0 Å². The zero-order valence-electron chi connectivity index (χ0n) is 15.7. The van der Waals surface area contributed by atoms with E-state index in [4.69, 9.17) is 14.0 Å². The maximum atomic E-state index is 12.2. The number of carbonyl (C=O) groups excluding carboxylic acids is 1. The highest BCUT2D eigenvalue weighted by Gasteiger charge is 2.53. The van der Waals surface area contributed by atoms with Crippen molar-refractivity contribution < 1.29 is 18.8 Å². The number of benzene rings is 1. The van der Waals surface area contributed by atoms with Crippen LogP contribution in [-0.2, 0) is 14.0 Å². The fourth-order valence-electron chi connectivity index (χ4n) is 2.99. The number of methoxy groups -OCH3 is 1. The Labute approximate surface area is 144 Å². The first-order valence-electron chi connectivity index (χ1n) is 7.96. The molecule has 0 aromatic heterocycles. The van der Waals surface area contributed by atoms with Gasteiger partial charge in [0.05, 0.1) is 35.5 Å². The van der Waals surface area contributed by atoms with Gasteiger partial charge in [-0.1, -0.05) is 0 Å². The number of carbonyl (C=O) groups is 1. The van der Waals surface area contributed by atoms with Gasteiger partial charge in [0.1, 0.15) is 0 Å². The summed E-state index contributed by atoms with van der Waals surface area (Å²) in [6, 6.07) is 2.25. The molecule has 0 atom stereocenters. The third-order valence-corrected chi connectivity index (χ3v) is 5.35. The van der Waals surface area contributed by atoms with Crippen LogP contribution in [0.3, 0.4) is 0 Å². The van der Waals surface area contributed by atoms with Crippen molar-refractivity contribution in [2.75, 3.05) is 7.11 Å². The zero-order chi connectivity index (χ0) is 18.4. The molecule has 1 saturated heterocycles. The van der Waals surface area contributed by atoms with Crippen molar-refractivity contribution in [1.29, 1.82) is 5.26 Å². The van der Waals surface area contributed by atoms with Gasteiger partial charge in [0.25, 0.3) is 0 Å². The van der Waals surface area contributed by atoms with Crippen LogP contribution in [-0.4, -0.2) is 31.4 Å². The largest absolute Gasteiger partial charge is 0.496 e. The van der Waals surface area contributed by atoms with Crippen LogP contribution in [0.25, 0.3) is 0 Å². The summed E-state index contributed by atoms with van der Waals surface area (Å²) < 4.78 is 17.1. The molecule has 0 unspecified atom stereocenters. The molecule has 1 aliphatic rings. The van der Waals surface area contributed by atoms with Crippen molar-refractivity contribution >= 4 is 18.6 Å². The van der Waals surface area contributed by atoms with Crippen LogP contribution in [0.2, 0.25) is 0 Å². The number of esters is 1. The van der Waals surface area contributed by atoms with Crippen LogP contribution < -0.4 is 5.46 Å². The predicted molar refractivity (Wildman–Crippen MR) is 92.4 cm³/mol. The molecular weight excluding hydrogens is 305 g/mol. The van der Waals surface area contributed by atoms with E-state index in [2.05, 4.69) is 6.07 Å². The van der Waals surface area contributed by atoms with Gasteiger partial charge in [0, 0.05) is 5.46 Å². The van der Waals surface area contributed by atoms with E-state index in [-0.39, 0.29) is 0 Å². The van der Waals surface area contributed by atoms with Gasteiger partial charge in [-0.25, -0.2) is 4.79 Å². The second kappa shape index (κ2) is 5.91. The van der Waals surface area contributed by atoms with Gasteiger partial charge < -0.3 is 14.0 Å². The molecule has 1 aromatic carbocycles. The molecule has 0 bridgehead atoms. The van der Waals surface area contributed by atoms with Crippen molar-refractivity contribution in [1.82, 2.24) is 0 Å². The third-order valence-electron chi connectivity index (χ3n) is 5.35. The minimum atomic E-state index is -0.702. The van der Waals surface area contributed by atoms with Gasteiger partial charge in [0.15, 0.2) is 0 Å². The SMILES string of the molecule is COC(=O)c1c(C)c(C)c(C#N)c(B2OC(C)(C)C(C)(C)O2)c1C. The zero-order valence-corrected chi connectivity index (χ0v) is 15.7. The Hall–Kier alpha value is -1.84. The first-order chi connectivity index (χ1) is 11.0. The van der Waals surface area contributed by atoms with Crippen LogP contribution >= 0.6 is 0 Å². The van der Waals surface area contributed by atoms with Gasteiger partial charge in [-0.2, -0.15) is 5.26 Å². The van der Waals surface area contributed by atoms with Gasteiger partial charge in [0.2, 0.25) is 0 Å². The van der Waals surface area contributed by atoms with Crippen LogP contribution in [0.4, 0.5) is 0 Å². The van der Waals surface area contributed by atoms with E-state index in [1.165, 1.54) is 7.11 Å². The number of nitrogens with zero attached hydrogens (tertiary/aromatic N) is 1. The molecule has 0 radical (unpaired) electrons. The summed E-state index contributed by atoms with van der Waals surface area (Å²) in [5.74, 6) is -0.421. The lowest BCUT2D eigenvalue weighted by atomic mass is 9.70. The Morgan fingerprint density at radius 1 is 1.04 bits per heavy atom. The van der Waals surface area contributed by atoms with E-state index in [1.54, 1.807) is 6.92 Å². The summed E-state index contributed by atoms with van der Waals surface area (Å²) in [5.41, 5.74) is 2.68. The second-order valence-corrected chi connectivity index (χ2v) is 7.23. The second-order valence-electron chi connectivity index (χ2n) is 7.23. The van der Waals surface area contributed by atoms with Crippen LogP contribution in [0.15, 0.2) is 0 Å². The summed E-state index contributed by atoms with van der Waals surface area (Å²) >= 11 is 0. The predicted octanol–water partition coefficient (Wildman–Crippen LogP) is 2.57. The summed E-state index contributed by atoms with van der Waals surface area (Å²) in [5, 5.41) is 9.68. The van der Waals surface area contributed by atoms with Crippen molar-refractivity contribution in [2.24, 2.45) is 0 Å². The first-order valence-corrected chi connectivity index (χ1v) is 7.96. The van der Waals surface area contributed by atoms with E-state index in [1.807, 2.05) is 41.5 Å². The average molecular weight is 329 g/mol. The Balaban J connectivity index is 2.74. The standard InChI is InChI=1S/C18H24BNO4/c1-10-11(2)14(16(21)22-8)12(3)15(13(10)9-20)19-23-17(4,5)18(6,7)24-19/h1-8H3. The number of nitriles is 1. The average Bonchev–Trinajstić information content (AvgIpc) is 2.70. The number of hydrogen-bond donors (Lipinski definition) is 0. The normalized spacial score (nSPS) is 18.4. The van der Waals surface area contributed by atoms with Crippen LogP contribution in [0.5, 0.6) is 0 Å². The molecule has 24 heavy (non-hydrogen) atoms. The quantitative estimate of drug-likeness (QED) is 0.616. The minimum Gasteiger partial charge on any atom is -0.465 e. The molecule has 2 rings (SSSR count). The smallest absolute Gasteiger partial charge is 0.465 e. The Bertz CT molecular complexity index is 731. The lowest BCUT2D eigenvalue weighted by Crippen LogP contribution is -2.41. The number of rotatable bonds is 2. The summed E-state index contributed by atoms with van der Waals surface area (Å²) in [4.78, 5) is 12.2. The van der Waals surface area contributed by atoms with E-state index < -0.39 is 24.3 Å². The van der Waals surface area contributed by atoms with Crippen molar-refractivity contribution in [3.05, 3.63) is 27.8 Å². The molecule has 1 aromatic rings. The molecule has 0 aliphatic carbocycles. The lowest BCUT2D eigenvalue weighted by molar-refractivity contribution is 0.00578. The summed E-state index contributed by atoms with van der Waals surface area (Å²) in [6.07, 6.45) is 0. The Morgan fingerprint density at radius 2 is 1.54 bits per heavy atom. The van der Waals surface area contributed by atoms with Crippen molar-refractivity contribution in [3.63, 3.8) is 0 Å². The fourth-order valence-corrected chi connectivity index (χ4v) is 2.99. The highest BCUT2D eigenvalue weighted by Crippen LogP contribution is 2.37. The lowest BCUT2D eigenvalue weighted by Gasteiger charge is -2.32. The van der Waals surface area contributed by atoms with Crippen molar-refractivity contribution in [2.45, 2.75) is 59.7 Å². The van der Waals surface area contributed by atoms with Gasteiger partial charge in [-0.15, -0.1) is 0 Å². The van der Waals surface area contributed by atoms with E-state index in [0.717, 1.165) is 11.1 Å². The van der Waals surface area contributed by atoms with E-state index in [0.29, 0.717) is 22.2 Å². The molecule has 0 amide bonds. The first kappa shape index (κ1) is 18.5. The maximum absolute atomic E-state index is 12.2. The molecule has 5 nitrogen and oxygen atoms in total. The highest BCUT2D eigenvalue weighted by atomic mass is 16.7. The van der Waals surface area contributed by atoms with E-state index >= 15 is 0 Å². The molecule has 0 saturated carbocycles. The van der Waals surface area contributed by atoms with Gasteiger partial charge >= 0.3 is 13.1 Å². The summed E-state index contributed by atoms with van der Waals surface area (Å²) in [6.45, 7) is 13.3. The number of hydrogen-bond acceptors (Lipinski definition) is 5. The van der Waals surface area contributed by atoms with E-state index in [9.17, 15) is 10.1 Å². The molecular formula is C18H24BNO4. The monoisotopic (exact) mass is 329 g/mol. The topological polar surface area (TPSA) is 68.6 Å². The molecule has 128 valence electrons. The van der Waals surface area contributed by atoms with Gasteiger partial charge in [-0.05, 0) is 65.2 Å². The van der Waals surface area contributed by atoms with Crippen LogP contribution in [0.1, 0.15) is 60.3 Å². The molecule has 1 fully saturated rings. The number of ether oxygens (including phenoxy) is 1. The molecule has 1 aliphatic heterocycles. The van der Waals surface area contributed by atoms with Crippen molar-refractivity contribution in [3.8, 4) is 6.07 Å². The Kier molecular flexibility index (Phi) is 4.56. The molecule has 0 N–H and O–H groups in total. The van der Waals surface area contributed by atoms with Crippen LogP contribution in [0, 0.1) is 32.1 Å². The maximum Gasteiger partial charge on any atom is 0.496 e. The minimum absolute atomic E-state index is 0.421. The highest BCUT2D eigenvalue weighted by molar-refractivity contribution is 6.63. The molecule has 6 heteroatoms. The molecule has 1 heterocycles. The Morgan fingerprint density at radius 3 is 1.96 bits per heavy atom. The third kappa shape index (κ3) is 2.62. The molecule has 0 spiro atoms. The summed E-state index contributed by atoms with van der Waals surface area (Å²) in [7, 11) is 0.649. The fraction of sp³-hybridized carbons (Fsp3) is 0.556.